The summed E-state index contributed by atoms with van der Waals surface area (Å²) in [6.07, 6.45) is 3.61. The number of aromatic nitrogens is 2. The molecule has 0 aliphatic carbocycles. The molecular formula is C16H23N3O2. The van der Waals surface area contributed by atoms with E-state index in [-0.39, 0.29) is 11.7 Å². The van der Waals surface area contributed by atoms with Crippen LogP contribution in [0.3, 0.4) is 0 Å². The molecule has 0 saturated carbocycles. The van der Waals surface area contributed by atoms with Gasteiger partial charge in [0.15, 0.2) is 0 Å². The maximum Gasteiger partial charge on any atom is 0.328 e. The van der Waals surface area contributed by atoms with E-state index >= 15 is 0 Å². The van der Waals surface area contributed by atoms with E-state index in [0.29, 0.717) is 19.7 Å². The number of imidazole rings is 1. The van der Waals surface area contributed by atoms with Crippen LogP contribution >= 0.6 is 0 Å². The Balaban J connectivity index is 2.38. The Morgan fingerprint density at radius 2 is 1.95 bits per heavy atom. The third-order valence-corrected chi connectivity index (χ3v) is 3.51. The summed E-state index contributed by atoms with van der Waals surface area (Å²) in [6, 6.07) is 5.88. The lowest BCUT2D eigenvalue weighted by molar-refractivity contribution is 0.335. The molecule has 1 heterocycles. The topological polar surface area (TPSA) is 62.2 Å². The van der Waals surface area contributed by atoms with Crippen molar-refractivity contribution in [1.29, 1.82) is 0 Å². The van der Waals surface area contributed by atoms with Gasteiger partial charge in [-0.15, -0.1) is 0 Å². The Labute approximate surface area is 125 Å². The van der Waals surface area contributed by atoms with Crippen LogP contribution in [0.25, 0.3) is 0 Å². The summed E-state index contributed by atoms with van der Waals surface area (Å²) in [5.41, 5.74) is 7.95. The summed E-state index contributed by atoms with van der Waals surface area (Å²) in [5.74, 6) is 0.804. The van der Waals surface area contributed by atoms with Gasteiger partial charge in [-0.05, 0) is 38.5 Å². The highest BCUT2D eigenvalue weighted by Crippen LogP contribution is 2.23. The summed E-state index contributed by atoms with van der Waals surface area (Å²) < 4.78 is 9.02. The second-order valence-electron chi connectivity index (χ2n) is 5.08. The Morgan fingerprint density at radius 1 is 1.24 bits per heavy atom. The first kappa shape index (κ1) is 15.4. The fourth-order valence-electron chi connectivity index (χ4n) is 2.30. The van der Waals surface area contributed by atoms with Gasteiger partial charge in [0, 0.05) is 30.5 Å². The summed E-state index contributed by atoms with van der Waals surface area (Å²) in [5, 5.41) is 0. The summed E-state index contributed by atoms with van der Waals surface area (Å²) in [4.78, 5) is 12.2. The molecule has 2 aromatic rings. The zero-order chi connectivity index (χ0) is 15.4. The van der Waals surface area contributed by atoms with Gasteiger partial charge < -0.3 is 10.5 Å². The van der Waals surface area contributed by atoms with Gasteiger partial charge in [0.1, 0.15) is 5.75 Å². The van der Waals surface area contributed by atoms with E-state index in [2.05, 4.69) is 0 Å². The lowest BCUT2D eigenvalue weighted by atomic mass is 10.0. The number of nitrogens with zero attached hydrogens (tertiary/aromatic N) is 2. The van der Waals surface area contributed by atoms with Gasteiger partial charge in [0.25, 0.3) is 0 Å². The SMILES string of the molecule is CCOc1ccc(C(C)N)cc1Cn1ccn(CC)c1=O. The largest absolute Gasteiger partial charge is 0.494 e. The number of hydrogen-bond acceptors (Lipinski definition) is 3. The van der Waals surface area contributed by atoms with Crippen LogP contribution in [-0.2, 0) is 13.1 Å². The molecule has 0 aliphatic heterocycles. The van der Waals surface area contributed by atoms with E-state index in [4.69, 9.17) is 10.5 Å². The first-order valence-corrected chi connectivity index (χ1v) is 7.33. The molecule has 0 amide bonds. The van der Waals surface area contributed by atoms with Gasteiger partial charge in [-0.1, -0.05) is 6.07 Å². The predicted molar refractivity (Wildman–Crippen MR) is 83.7 cm³/mol. The van der Waals surface area contributed by atoms with Crippen molar-refractivity contribution in [2.45, 2.75) is 39.9 Å². The van der Waals surface area contributed by atoms with Gasteiger partial charge in [-0.2, -0.15) is 0 Å². The van der Waals surface area contributed by atoms with E-state index in [1.54, 1.807) is 21.5 Å². The minimum atomic E-state index is -0.0450. The van der Waals surface area contributed by atoms with Crippen molar-refractivity contribution in [2.24, 2.45) is 5.73 Å². The normalized spacial score (nSPS) is 12.4. The maximum atomic E-state index is 12.2. The average Bonchev–Trinajstić information content (AvgIpc) is 2.81. The molecule has 2 rings (SSSR count). The zero-order valence-corrected chi connectivity index (χ0v) is 12.9. The molecule has 21 heavy (non-hydrogen) atoms. The van der Waals surface area contributed by atoms with Crippen LogP contribution < -0.4 is 16.2 Å². The molecule has 5 heteroatoms. The quantitative estimate of drug-likeness (QED) is 0.886. The third-order valence-electron chi connectivity index (χ3n) is 3.51. The van der Waals surface area contributed by atoms with Crippen molar-refractivity contribution in [3.8, 4) is 5.75 Å². The number of nitrogens with two attached hydrogens (primary N) is 1. The van der Waals surface area contributed by atoms with Gasteiger partial charge in [0.05, 0.1) is 13.2 Å². The molecular weight excluding hydrogens is 266 g/mol. The molecule has 0 fully saturated rings. The van der Waals surface area contributed by atoms with Gasteiger partial charge in [-0.25, -0.2) is 4.79 Å². The maximum absolute atomic E-state index is 12.2. The lowest BCUT2D eigenvalue weighted by Crippen LogP contribution is -2.24. The minimum Gasteiger partial charge on any atom is -0.494 e. The van der Waals surface area contributed by atoms with Gasteiger partial charge in [0.2, 0.25) is 0 Å². The van der Waals surface area contributed by atoms with Crippen LogP contribution in [0.2, 0.25) is 0 Å². The number of rotatable bonds is 6. The van der Waals surface area contributed by atoms with Crippen LogP contribution in [-0.4, -0.2) is 15.7 Å². The highest BCUT2D eigenvalue weighted by molar-refractivity contribution is 5.38. The molecule has 2 N–H and O–H groups in total. The molecule has 1 aromatic heterocycles. The smallest absolute Gasteiger partial charge is 0.328 e. The molecule has 1 atom stereocenters. The molecule has 5 nitrogen and oxygen atoms in total. The second-order valence-corrected chi connectivity index (χ2v) is 5.08. The molecule has 0 bridgehead atoms. The minimum absolute atomic E-state index is 0.00820. The fraction of sp³-hybridized carbons (Fsp3) is 0.438. The first-order chi connectivity index (χ1) is 10.1. The second kappa shape index (κ2) is 6.63. The number of hydrogen-bond donors (Lipinski definition) is 1. The van der Waals surface area contributed by atoms with Gasteiger partial charge in [-0.3, -0.25) is 9.13 Å². The van der Waals surface area contributed by atoms with Crippen LogP contribution in [0, 0.1) is 0 Å². The molecule has 0 radical (unpaired) electrons. The predicted octanol–water partition coefficient (Wildman–Crippen LogP) is 2.14. The number of ether oxygens (including phenoxy) is 1. The summed E-state index contributed by atoms with van der Waals surface area (Å²) in [7, 11) is 0. The Morgan fingerprint density at radius 3 is 2.52 bits per heavy atom. The average molecular weight is 289 g/mol. The van der Waals surface area contributed by atoms with Crippen molar-refractivity contribution in [3.63, 3.8) is 0 Å². The third kappa shape index (κ3) is 3.36. The van der Waals surface area contributed by atoms with Crippen molar-refractivity contribution in [2.75, 3.05) is 6.61 Å². The molecule has 1 unspecified atom stereocenters. The summed E-state index contributed by atoms with van der Waals surface area (Å²) in [6.45, 7) is 7.59. The van der Waals surface area contributed by atoms with Crippen molar-refractivity contribution in [3.05, 3.63) is 52.2 Å². The van der Waals surface area contributed by atoms with Crippen LogP contribution in [0.15, 0.2) is 35.4 Å². The van der Waals surface area contributed by atoms with Crippen LogP contribution in [0.4, 0.5) is 0 Å². The first-order valence-electron chi connectivity index (χ1n) is 7.33. The van der Waals surface area contributed by atoms with Crippen LogP contribution in [0.1, 0.15) is 37.9 Å². The van der Waals surface area contributed by atoms with E-state index < -0.39 is 0 Å². The lowest BCUT2D eigenvalue weighted by Gasteiger charge is -2.14. The standard InChI is InChI=1S/C16H23N3O2/c1-4-18-8-9-19(16(18)20)11-14-10-13(12(3)17)6-7-15(14)21-5-2/h6-10,12H,4-5,11,17H2,1-3H3. The fourth-order valence-corrected chi connectivity index (χ4v) is 2.30. The van der Waals surface area contributed by atoms with E-state index in [0.717, 1.165) is 16.9 Å². The van der Waals surface area contributed by atoms with Crippen molar-refractivity contribution >= 4 is 0 Å². The number of benzene rings is 1. The van der Waals surface area contributed by atoms with Crippen molar-refractivity contribution < 1.29 is 4.74 Å². The highest BCUT2D eigenvalue weighted by Gasteiger charge is 2.10. The van der Waals surface area contributed by atoms with E-state index in [1.165, 1.54) is 0 Å². The Bertz CT molecular complexity index is 656. The van der Waals surface area contributed by atoms with E-state index in [9.17, 15) is 4.79 Å². The summed E-state index contributed by atoms with van der Waals surface area (Å²) >= 11 is 0. The Kier molecular flexibility index (Phi) is 4.85. The zero-order valence-electron chi connectivity index (χ0n) is 12.9. The molecule has 0 spiro atoms. The highest BCUT2D eigenvalue weighted by atomic mass is 16.5. The monoisotopic (exact) mass is 289 g/mol. The molecule has 0 aliphatic rings. The number of aryl methyl sites for hydroxylation is 1. The van der Waals surface area contributed by atoms with Crippen LogP contribution in [0.5, 0.6) is 5.75 Å². The molecule has 114 valence electrons. The van der Waals surface area contributed by atoms with E-state index in [1.807, 2.05) is 39.0 Å². The molecule has 1 aromatic carbocycles. The van der Waals surface area contributed by atoms with Gasteiger partial charge >= 0.3 is 5.69 Å². The van der Waals surface area contributed by atoms with Crippen molar-refractivity contribution in [1.82, 2.24) is 9.13 Å². The molecule has 0 saturated heterocycles. The Hall–Kier alpha value is -2.01.